The molecule has 0 fully saturated rings. The lowest BCUT2D eigenvalue weighted by Crippen LogP contribution is -2.26. The van der Waals surface area contributed by atoms with Crippen LogP contribution in [0.4, 0.5) is 18.9 Å². The maximum Gasteiger partial charge on any atom is 0.485 e. The Morgan fingerprint density at radius 1 is 0.920 bits per heavy atom. The number of halogens is 3. The van der Waals surface area contributed by atoms with Crippen LogP contribution in [0.2, 0.25) is 0 Å². The first kappa shape index (κ1) is 23.6. The van der Waals surface area contributed by atoms with Gasteiger partial charge in [-0.1, -0.05) is 27.7 Å². The highest BCUT2D eigenvalue weighted by Gasteiger charge is 2.36. The van der Waals surface area contributed by atoms with Crippen LogP contribution in [-0.4, -0.2) is 32.6 Å². The maximum absolute atomic E-state index is 10.7. The van der Waals surface area contributed by atoms with E-state index in [9.17, 15) is 13.2 Å². The van der Waals surface area contributed by atoms with Gasteiger partial charge in [-0.2, -0.15) is 13.2 Å². The largest absolute Gasteiger partial charge is 0.741 e. The zero-order valence-electron chi connectivity index (χ0n) is 15.5. The van der Waals surface area contributed by atoms with E-state index in [1.807, 2.05) is 0 Å². The third kappa shape index (κ3) is 6.14. The van der Waals surface area contributed by atoms with E-state index in [-0.39, 0.29) is 0 Å². The highest BCUT2D eigenvalue weighted by atomic mass is 32.2. The first-order valence-electron chi connectivity index (χ1n) is 8.13. The predicted octanol–water partition coefficient (Wildman–Crippen LogP) is 2.87. The number of pyridine rings is 1. The van der Waals surface area contributed by atoms with Crippen LogP contribution in [-0.2, 0) is 35.8 Å². The van der Waals surface area contributed by atoms with Crippen molar-refractivity contribution in [2.24, 2.45) is 0 Å². The van der Waals surface area contributed by atoms with Gasteiger partial charge in [0.2, 0.25) is 0 Å². The molecule has 0 aliphatic rings. The molecule has 9 heteroatoms. The number of aromatic nitrogens is 1. The van der Waals surface area contributed by atoms with Crippen LogP contribution >= 0.6 is 0 Å². The molecule has 0 aliphatic heterocycles. The number of nitrogens with one attached hydrogen (secondary N) is 1. The average molecular weight is 384 g/mol. The fraction of sp³-hybridized carbons (Fsp3) is 0.688. The first-order chi connectivity index (χ1) is 11.3. The molecule has 1 aromatic heterocycles. The van der Waals surface area contributed by atoms with Crippen molar-refractivity contribution in [3.63, 3.8) is 0 Å². The number of aryl methyl sites for hydroxylation is 2. The lowest BCUT2D eigenvalue weighted by atomic mass is 9.97. The van der Waals surface area contributed by atoms with Gasteiger partial charge in [-0.25, -0.2) is 13.4 Å². The van der Waals surface area contributed by atoms with E-state index in [1.54, 1.807) is 0 Å². The van der Waals surface area contributed by atoms with Crippen LogP contribution in [0.1, 0.15) is 50.2 Å². The number of hydrogen-bond donors (Lipinski definition) is 0. The number of H-pyrrole nitrogens is 1. The van der Waals surface area contributed by atoms with Gasteiger partial charge < -0.3 is 9.45 Å². The zero-order chi connectivity index (χ0) is 20.0. The van der Waals surface area contributed by atoms with Gasteiger partial charge in [0.25, 0.3) is 0 Å². The van der Waals surface area contributed by atoms with Crippen LogP contribution < -0.4 is 9.88 Å². The van der Waals surface area contributed by atoms with Gasteiger partial charge in [-0.3, -0.25) is 0 Å². The number of aromatic amines is 1. The summed E-state index contributed by atoms with van der Waals surface area (Å²) in [6.45, 7) is 8.96. The van der Waals surface area contributed by atoms with Gasteiger partial charge in [0.05, 0.1) is 5.69 Å². The molecule has 0 spiro atoms. The second-order valence-corrected chi connectivity index (χ2v) is 6.97. The summed E-state index contributed by atoms with van der Waals surface area (Å²) in [7, 11) is -1.77. The summed E-state index contributed by atoms with van der Waals surface area (Å²) in [4.78, 5) is 5.93. The molecular weight excluding hydrogens is 357 g/mol. The second kappa shape index (κ2) is 9.38. The summed E-state index contributed by atoms with van der Waals surface area (Å²) >= 11 is 0. The molecular formula is C16H27F3N2O3S. The van der Waals surface area contributed by atoms with Crippen molar-refractivity contribution in [1.29, 1.82) is 0 Å². The molecule has 0 aromatic carbocycles. The molecule has 0 atom stereocenters. The lowest BCUT2D eigenvalue weighted by molar-refractivity contribution is -0.402. The molecule has 0 bridgehead atoms. The summed E-state index contributed by atoms with van der Waals surface area (Å²) in [6, 6.07) is 0. The highest BCUT2D eigenvalue weighted by Crippen LogP contribution is 2.28. The molecule has 0 amide bonds. The molecule has 1 rings (SSSR count). The standard InChI is InChI=1S/C15H26N2.CHF3O3S/c1-7-11-13(9-3)16-14(10-4)12(8-2)15(11)17(5)6;2-1(3,4)8(5,6)7/h7-10H2,1-6H3;(H,5,6,7). The normalized spacial score (nSPS) is 11.8. The molecule has 0 saturated carbocycles. The van der Waals surface area contributed by atoms with Gasteiger partial charge in [0.15, 0.2) is 21.5 Å². The Labute approximate surface area is 148 Å². The molecule has 0 radical (unpaired) electrons. The van der Waals surface area contributed by atoms with Crippen molar-refractivity contribution in [2.75, 3.05) is 19.0 Å². The highest BCUT2D eigenvalue weighted by molar-refractivity contribution is 7.86. The van der Waals surface area contributed by atoms with Gasteiger partial charge in [-0.05, 0) is 12.8 Å². The maximum atomic E-state index is 10.7. The third-order valence-corrected chi connectivity index (χ3v) is 4.31. The quantitative estimate of drug-likeness (QED) is 0.578. The fourth-order valence-electron chi connectivity index (χ4n) is 2.71. The number of hydrogen-bond acceptors (Lipinski definition) is 4. The smallest absolute Gasteiger partial charge is 0.485 e. The molecule has 0 aliphatic carbocycles. The van der Waals surface area contributed by atoms with Crippen molar-refractivity contribution >= 4 is 15.8 Å². The number of alkyl halides is 3. The molecule has 25 heavy (non-hydrogen) atoms. The van der Waals surface area contributed by atoms with E-state index in [1.165, 1.54) is 28.2 Å². The second-order valence-electron chi connectivity index (χ2n) is 5.60. The van der Waals surface area contributed by atoms with E-state index < -0.39 is 15.6 Å². The van der Waals surface area contributed by atoms with Crippen molar-refractivity contribution in [2.45, 2.75) is 58.9 Å². The lowest BCUT2D eigenvalue weighted by Gasteiger charge is -2.21. The fourth-order valence-corrected chi connectivity index (χ4v) is 2.71. The van der Waals surface area contributed by atoms with E-state index in [0.717, 1.165) is 25.7 Å². The van der Waals surface area contributed by atoms with Gasteiger partial charge in [0, 0.05) is 38.1 Å². The molecule has 146 valence electrons. The van der Waals surface area contributed by atoms with Crippen LogP contribution in [0.25, 0.3) is 0 Å². The Hall–Kier alpha value is -1.35. The van der Waals surface area contributed by atoms with Gasteiger partial charge in [-0.15, -0.1) is 0 Å². The molecule has 5 nitrogen and oxygen atoms in total. The molecule has 1 aromatic rings. The van der Waals surface area contributed by atoms with Crippen LogP contribution in [0, 0.1) is 0 Å². The Balaban J connectivity index is 0.000000609. The van der Waals surface area contributed by atoms with Crippen molar-refractivity contribution in [1.82, 2.24) is 0 Å². The SMILES string of the molecule is CCc1[nH+]c(CC)c(CC)c(N(C)C)c1CC.O=S(=O)([O-])C(F)(F)F. The molecule has 1 heterocycles. The topological polar surface area (TPSA) is 74.6 Å². The van der Waals surface area contributed by atoms with Crippen molar-refractivity contribution in [3.8, 4) is 0 Å². The van der Waals surface area contributed by atoms with Crippen molar-refractivity contribution in [3.05, 3.63) is 22.5 Å². The summed E-state index contributed by atoms with van der Waals surface area (Å²) in [6.07, 6.45) is 4.37. The number of rotatable bonds is 5. The van der Waals surface area contributed by atoms with E-state index >= 15 is 0 Å². The van der Waals surface area contributed by atoms with Crippen LogP contribution in [0.5, 0.6) is 0 Å². The van der Waals surface area contributed by atoms with E-state index in [0.29, 0.717) is 0 Å². The summed E-state index contributed by atoms with van der Waals surface area (Å²) in [5, 5.41) is 0. The number of anilines is 1. The van der Waals surface area contributed by atoms with E-state index in [4.69, 9.17) is 13.0 Å². The minimum atomic E-state index is -6.09. The monoisotopic (exact) mass is 384 g/mol. The van der Waals surface area contributed by atoms with Gasteiger partial charge in [0.1, 0.15) is 0 Å². The molecule has 0 unspecified atom stereocenters. The first-order valence-corrected chi connectivity index (χ1v) is 9.54. The Bertz CT molecular complexity index is 642. The van der Waals surface area contributed by atoms with E-state index in [2.05, 4.69) is 51.7 Å². The molecule has 0 saturated heterocycles. The van der Waals surface area contributed by atoms with Gasteiger partial charge >= 0.3 is 5.51 Å². The minimum absolute atomic E-state index is 1.08. The zero-order valence-corrected chi connectivity index (χ0v) is 16.4. The van der Waals surface area contributed by atoms with Crippen LogP contribution in [0.3, 0.4) is 0 Å². The predicted molar refractivity (Wildman–Crippen MR) is 90.6 cm³/mol. The summed E-state index contributed by atoms with van der Waals surface area (Å²) in [5.41, 5.74) is 1.60. The Morgan fingerprint density at radius 3 is 1.40 bits per heavy atom. The third-order valence-electron chi connectivity index (χ3n) is 3.75. The van der Waals surface area contributed by atoms with Crippen molar-refractivity contribution < 1.29 is 31.1 Å². The Kier molecular flexibility index (Phi) is 8.87. The Morgan fingerprint density at radius 2 is 1.24 bits per heavy atom. The van der Waals surface area contributed by atoms with Crippen LogP contribution in [0.15, 0.2) is 0 Å². The minimum Gasteiger partial charge on any atom is -0.741 e. The summed E-state index contributed by atoms with van der Waals surface area (Å²) < 4.78 is 58.9. The number of nitrogens with zero attached hydrogens (tertiary/aromatic N) is 1. The summed E-state index contributed by atoms with van der Waals surface area (Å²) in [5.74, 6) is 0. The average Bonchev–Trinajstić information content (AvgIpc) is 2.50. The molecule has 1 N–H and O–H groups in total.